The molecule has 0 saturated carbocycles. The van der Waals surface area contributed by atoms with Crippen LogP contribution in [-0.4, -0.2) is 31.1 Å². The quantitative estimate of drug-likeness (QED) is 0.715. The van der Waals surface area contributed by atoms with E-state index in [9.17, 15) is 0 Å². The van der Waals surface area contributed by atoms with Gasteiger partial charge in [-0.2, -0.15) is 0 Å². The number of nitrogens with zero attached hydrogens (tertiary/aromatic N) is 1. The van der Waals surface area contributed by atoms with Crippen LogP contribution >= 0.6 is 11.6 Å². The van der Waals surface area contributed by atoms with Gasteiger partial charge in [-0.3, -0.25) is 0 Å². The molecule has 0 spiro atoms. The fourth-order valence-corrected chi connectivity index (χ4v) is 3.00. The molecular weight excluding hydrogens is 270 g/mol. The minimum absolute atomic E-state index is 0.709. The lowest BCUT2D eigenvalue weighted by molar-refractivity contribution is 0.177. The van der Waals surface area contributed by atoms with Gasteiger partial charge in [-0.05, 0) is 69.3 Å². The van der Waals surface area contributed by atoms with Gasteiger partial charge >= 0.3 is 0 Å². The second kappa shape index (κ2) is 7.90. The second-order valence-electron chi connectivity index (χ2n) is 6.04. The summed E-state index contributed by atoms with van der Waals surface area (Å²) in [5.74, 6) is 1.68. The number of piperidine rings is 1. The third kappa shape index (κ3) is 4.99. The Bertz CT molecular complexity index is 421. The lowest BCUT2D eigenvalue weighted by atomic mass is 10.0. The molecular formula is C17H26ClNO. The first-order chi connectivity index (χ1) is 9.65. The number of rotatable bonds is 6. The van der Waals surface area contributed by atoms with Crippen LogP contribution in [0.2, 0.25) is 5.02 Å². The van der Waals surface area contributed by atoms with Crippen molar-refractivity contribution in [1.82, 2.24) is 4.90 Å². The summed E-state index contributed by atoms with van der Waals surface area (Å²) in [7, 11) is 0. The van der Waals surface area contributed by atoms with Gasteiger partial charge in [-0.25, -0.2) is 0 Å². The molecule has 112 valence electrons. The van der Waals surface area contributed by atoms with Crippen LogP contribution in [0.25, 0.3) is 0 Å². The molecule has 20 heavy (non-hydrogen) atoms. The van der Waals surface area contributed by atoms with Crippen molar-refractivity contribution in [2.75, 3.05) is 26.2 Å². The Morgan fingerprint density at radius 2 is 2.20 bits per heavy atom. The molecule has 1 aliphatic heterocycles. The van der Waals surface area contributed by atoms with Gasteiger partial charge in [0, 0.05) is 6.54 Å². The first-order valence-electron chi connectivity index (χ1n) is 7.76. The topological polar surface area (TPSA) is 12.5 Å². The Balaban J connectivity index is 1.63. The molecule has 1 atom stereocenters. The number of hydrogen-bond acceptors (Lipinski definition) is 2. The Hall–Kier alpha value is -0.730. The van der Waals surface area contributed by atoms with E-state index in [2.05, 4.69) is 18.7 Å². The van der Waals surface area contributed by atoms with Crippen molar-refractivity contribution in [2.24, 2.45) is 5.92 Å². The molecule has 0 radical (unpaired) electrons. The van der Waals surface area contributed by atoms with E-state index in [4.69, 9.17) is 16.3 Å². The molecule has 0 aromatic heterocycles. The maximum absolute atomic E-state index is 6.11. The average Bonchev–Trinajstić information content (AvgIpc) is 2.42. The van der Waals surface area contributed by atoms with E-state index in [1.165, 1.54) is 44.5 Å². The van der Waals surface area contributed by atoms with E-state index in [0.717, 1.165) is 24.7 Å². The molecule has 0 amide bonds. The molecule has 1 aromatic carbocycles. The monoisotopic (exact) mass is 295 g/mol. The van der Waals surface area contributed by atoms with Gasteiger partial charge in [0.05, 0.1) is 11.6 Å². The van der Waals surface area contributed by atoms with Crippen molar-refractivity contribution >= 4 is 11.6 Å². The highest BCUT2D eigenvalue weighted by molar-refractivity contribution is 6.32. The van der Waals surface area contributed by atoms with Crippen LogP contribution in [0.15, 0.2) is 18.2 Å². The lowest BCUT2D eigenvalue weighted by Crippen LogP contribution is -2.35. The van der Waals surface area contributed by atoms with Crippen molar-refractivity contribution in [3.63, 3.8) is 0 Å². The van der Waals surface area contributed by atoms with Gasteiger partial charge in [0.25, 0.3) is 0 Å². The van der Waals surface area contributed by atoms with Crippen LogP contribution < -0.4 is 4.74 Å². The van der Waals surface area contributed by atoms with Gasteiger partial charge in [-0.15, -0.1) is 0 Å². The number of benzene rings is 1. The van der Waals surface area contributed by atoms with Crippen LogP contribution in [-0.2, 0) is 0 Å². The van der Waals surface area contributed by atoms with Crippen molar-refractivity contribution in [2.45, 2.75) is 39.5 Å². The molecule has 2 nitrogen and oxygen atoms in total. The molecule has 1 saturated heterocycles. The van der Waals surface area contributed by atoms with E-state index in [0.29, 0.717) is 5.02 Å². The molecule has 1 fully saturated rings. The smallest absolute Gasteiger partial charge is 0.138 e. The van der Waals surface area contributed by atoms with E-state index in [-0.39, 0.29) is 0 Å². The first kappa shape index (κ1) is 15.7. The lowest BCUT2D eigenvalue weighted by Gasteiger charge is -2.30. The van der Waals surface area contributed by atoms with Gasteiger partial charge < -0.3 is 9.64 Å². The molecule has 1 heterocycles. The van der Waals surface area contributed by atoms with E-state index < -0.39 is 0 Å². The Morgan fingerprint density at radius 3 is 3.00 bits per heavy atom. The molecule has 1 aliphatic rings. The highest BCUT2D eigenvalue weighted by atomic mass is 35.5. The predicted octanol–water partition coefficient (Wildman–Crippen LogP) is 4.54. The van der Waals surface area contributed by atoms with Gasteiger partial charge in [-0.1, -0.05) is 24.6 Å². The summed E-state index contributed by atoms with van der Waals surface area (Å²) in [6, 6.07) is 5.92. The van der Waals surface area contributed by atoms with Crippen LogP contribution in [0.4, 0.5) is 0 Å². The highest BCUT2D eigenvalue weighted by Gasteiger charge is 2.15. The normalized spacial score (nSPS) is 20.1. The summed E-state index contributed by atoms with van der Waals surface area (Å²) in [4.78, 5) is 2.59. The maximum Gasteiger partial charge on any atom is 0.138 e. The second-order valence-corrected chi connectivity index (χ2v) is 6.44. The summed E-state index contributed by atoms with van der Waals surface area (Å²) in [5, 5.41) is 0.709. The van der Waals surface area contributed by atoms with Gasteiger partial charge in [0.1, 0.15) is 5.75 Å². The standard InChI is InChI=1S/C17H26ClNO/c1-14-7-8-16(18)17(12-14)20-11-4-3-9-19-10-5-6-15(2)13-19/h7-8,12,15H,3-6,9-11,13H2,1-2H3/t15-/m0/s1. The van der Waals surface area contributed by atoms with Gasteiger partial charge in [0.15, 0.2) is 0 Å². The minimum Gasteiger partial charge on any atom is -0.492 e. The SMILES string of the molecule is Cc1ccc(Cl)c(OCCCCN2CCC[C@H](C)C2)c1. The van der Waals surface area contributed by atoms with Crippen molar-refractivity contribution < 1.29 is 4.74 Å². The molecule has 0 bridgehead atoms. The van der Waals surface area contributed by atoms with Crippen LogP contribution in [0.3, 0.4) is 0 Å². The Labute approximate surface area is 128 Å². The summed E-state index contributed by atoms with van der Waals surface area (Å²) >= 11 is 6.11. The molecule has 0 N–H and O–H groups in total. The summed E-state index contributed by atoms with van der Waals surface area (Å²) < 4.78 is 5.78. The fraction of sp³-hybridized carbons (Fsp3) is 0.647. The Kier molecular flexibility index (Phi) is 6.18. The molecule has 3 heteroatoms. The zero-order valence-electron chi connectivity index (χ0n) is 12.7. The van der Waals surface area contributed by atoms with E-state index in [1.807, 2.05) is 18.2 Å². The van der Waals surface area contributed by atoms with Crippen LogP contribution in [0.5, 0.6) is 5.75 Å². The maximum atomic E-state index is 6.11. The fourth-order valence-electron chi connectivity index (χ4n) is 2.83. The van der Waals surface area contributed by atoms with Crippen LogP contribution in [0.1, 0.15) is 38.2 Å². The molecule has 1 aromatic rings. The zero-order chi connectivity index (χ0) is 14.4. The third-order valence-electron chi connectivity index (χ3n) is 3.95. The first-order valence-corrected chi connectivity index (χ1v) is 8.14. The Morgan fingerprint density at radius 1 is 1.35 bits per heavy atom. The number of ether oxygens (including phenoxy) is 1. The summed E-state index contributed by atoms with van der Waals surface area (Å²) in [6.45, 7) is 8.91. The summed E-state index contributed by atoms with van der Waals surface area (Å²) in [6.07, 6.45) is 5.05. The van der Waals surface area contributed by atoms with Crippen molar-refractivity contribution in [1.29, 1.82) is 0 Å². The predicted molar refractivity (Wildman–Crippen MR) is 85.8 cm³/mol. The number of aryl methyl sites for hydroxylation is 1. The molecule has 0 unspecified atom stereocenters. The molecule has 0 aliphatic carbocycles. The number of likely N-dealkylation sites (tertiary alicyclic amines) is 1. The largest absolute Gasteiger partial charge is 0.492 e. The average molecular weight is 296 g/mol. The van der Waals surface area contributed by atoms with Crippen molar-refractivity contribution in [3.8, 4) is 5.75 Å². The number of halogens is 1. The summed E-state index contributed by atoms with van der Waals surface area (Å²) in [5.41, 5.74) is 1.19. The highest BCUT2D eigenvalue weighted by Crippen LogP contribution is 2.25. The number of unbranched alkanes of at least 4 members (excludes halogenated alkanes) is 1. The van der Waals surface area contributed by atoms with Crippen LogP contribution in [0, 0.1) is 12.8 Å². The van der Waals surface area contributed by atoms with Crippen molar-refractivity contribution in [3.05, 3.63) is 28.8 Å². The molecule has 2 rings (SSSR count). The third-order valence-corrected chi connectivity index (χ3v) is 4.27. The van der Waals surface area contributed by atoms with E-state index >= 15 is 0 Å². The van der Waals surface area contributed by atoms with Gasteiger partial charge in [0.2, 0.25) is 0 Å². The number of hydrogen-bond donors (Lipinski definition) is 0. The van der Waals surface area contributed by atoms with E-state index in [1.54, 1.807) is 0 Å². The zero-order valence-corrected chi connectivity index (χ0v) is 13.5. The minimum atomic E-state index is 0.709.